The predicted molar refractivity (Wildman–Crippen MR) is 232 cm³/mol. The van der Waals surface area contributed by atoms with E-state index in [1.54, 1.807) is 29.2 Å². The Kier molecular flexibility index (Phi) is 14.5. The number of halogens is 4. The third-order valence-corrected chi connectivity index (χ3v) is 12.5. The Labute approximate surface area is 377 Å². The van der Waals surface area contributed by atoms with E-state index in [2.05, 4.69) is 20.5 Å². The van der Waals surface area contributed by atoms with Crippen LogP contribution in [0.2, 0.25) is 0 Å². The van der Waals surface area contributed by atoms with Crippen molar-refractivity contribution in [3.05, 3.63) is 98.2 Å². The molecule has 2 fully saturated rings. The first kappa shape index (κ1) is 47.7. The second-order valence-corrected chi connectivity index (χ2v) is 16.9. The van der Waals surface area contributed by atoms with Gasteiger partial charge in [0.05, 0.1) is 59.9 Å². The van der Waals surface area contributed by atoms with Crippen LogP contribution in [0.5, 0.6) is 0 Å². The van der Waals surface area contributed by atoms with Crippen LogP contribution >= 0.6 is 0 Å². The molecule has 0 saturated carbocycles. The van der Waals surface area contributed by atoms with E-state index in [0.29, 0.717) is 61.6 Å². The summed E-state index contributed by atoms with van der Waals surface area (Å²) in [5.74, 6) is -4.17. The highest BCUT2D eigenvalue weighted by Gasteiger charge is 2.45. The molecule has 66 heavy (non-hydrogen) atoms. The first-order valence-corrected chi connectivity index (χ1v) is 21.8. The lowest BCUT2D eigenvalue weighted by molar-refractivity contribution is -0.138. The van der Waals surface area contributed by atoms with Crippen LogP contribution in [-0.4, -0.2) is 133 Å². The van der Waals surface area contributed by atoms with E-state index in [1.165, 1.54) is 12.1 Å². The summed E-state index contributed by atoms with van der Waals surface area (Å²) >= 11 is 0. The Morgan fingerprint density at radius 1 is 0.909 bits per heavy atom. The Morgan fingerprint density at radius 2 is 1.64 bits per heavy atom. The van der Waals surface area contributed by atoms with E-state index < -0.39 is 64.3 Å². The first-order chi connectivity index (χ1) is 31.4. The molecule has 7 rings (SSSR count). The molecule has 0 spiro atoms. The Bertz CT molecular complexity index is 2500. The van der Waals surface area contributed by atoms with Crippen molar-refractivity contribution in [1.82, 2.24) is 25.0 Å². The average molecular weight is 922 g/mol. The number of likely N-dealkylation sites (N-methyl/N-ethyl adjacent to an activating group) is 1. The summed E-state index contributed by atoms with van der Waals surface area (Å²) in [6, 6.07) is 6.99. The fraction of sp³-hybridized carbons (Fsp3) is 0.457. The number of hydrogen-bond acceptors (Lipinski definition) is 11. The molecule has 2 saturated heterocycles. The number of aryl methyl sites for hydroxylation is 1. The van der Waals surface area contributed by atoms with Crippen molar-refractivity contribution >= 4 is 52.4 Å². The lowest BCUT2D eigenvalue weighted by Crippen LogP contribution is -2.55. The SMILES string of the molecule is C[C@@H]1CN(c2cc(F)c(C3=CCN(C(=O)CCOCCOCCCc4cccc5c4C(=O)N(C4CCC(=O)NC4=O)C5=O)CC3)cc2NC(=O)c2c[nH]c(=O)cc2C(F)(F)F)C[C@H](C)N1C. The van der Waals surface area contributed by atoms with E-state index in [4.69, 9.17) is 9.47 Å². The number of aromatic amines is 1. The third-order valence-electron chi connectivity index (χ3n) is 12.5. The van der Waals surface area contributed by atoms with Crippen molar-refractivity contribution in [2.75, 3.05) is 69.9 Å². The minimum Gasteiger partial charge on any atom is -0.379 e. The van der Waals surface area contributed by atoms with Crippen LogP contribution in [0, 0.1) is 5.82 Å². The molecule has 0 radical (unpaired) electrons. The van der Waals surface area contributed by atoms with Gasteiger partial charge in [-0.15, -0.1) is 0 Å². The van der Waals surface area contributed by atoms with Gasteiger partial charge in [-0.2, -0.15) is 13.2 Å². The molecule has 4 aliphatic heterocycles. The van der Waals surface area contributed by atoms with Crippen LogP contribution in [0.3, 0.4) is 0 Å². The minimum absolute atomic E-state index is 0.0316. The van der Waals surface area contributed by atoms with Gasteiger partial charge >= 0.3 is 6.18 Å². The van der Waals surface area contributed by atoms with Gasteiger partial charge in [-0.25, -0.2) is 4.39 Å². The zero-order valence-electron chi connectivity index (χ0n) is 36.7. The number of pyridine rings is 1. The number of piperazine rings is 1. The molecule has 0 bridgehead atoms. The number of piperidine rings is 1. The molecule has 2 aromatic carbocycles. The number of nitrogens with one attached hydrogen (secondary N) is 3. The summed E-state index contributed by atoms with van der Waals surface area (Å²) in [4.78, 5) is 97.5. The smallest absolute Gasteiger partial charge is 0.379 e. The van der Waals surface area contributed by atoms with Crippen LogP contribution < -0.4 is 21.1 Å². The number of nitrogens with zero attached hydrogens (tertiary/aromatic N) is 4. The number of carbonyl (C=O) groups is 6. The molecular weight excluding hydrogens is 871 g/mol. The van der Waals surface area contributed by atoms with Crippen molar-refractivity contribution in [2.45, 2.75) is 76.7 Å². The summed E-state index contributed by atoms with van der Waals surface area (Å²) in [5, 5.41) is 4.76. The second-order valence-electron chi connectivity index (χ2n) is 16.9. The number of hydrogen-bond donors (Lipinski definition) is 3. The minimum atomic E-state index is -4.99. The van der Waals surface area contributed by atoms with Crippen molar-refractivity contribution in [3.63, 3.8) is 0 Å². The number of ether oxygens (including phenoxy) is 2. The summed E-state index contributed by atoms with van der Waals surface area (Å²) < 4.78 is 69.1. The molecule has 4 aliphatic rings. The standard InChI is InChI=1S/C46H51F4N7O9/c1-26-24-56(25-27(2)54(26)3)37-22-34(47)31(20-35(37)52-42(61)32-23-51-39(59)21-33(32)46(48,49)50)28-11-14-55(15-12-28)40(60)13-17-66-19-18-65-16-5-7-29-6-4-8-30-41(29)45(64)57(44(30)63)36-9-10-38(58)53-43(36)62/h4,6,8,11,20-23,26-27,36H,5,7,9-10,12-19,24-25H2,1-3H3,(H,51,59)(H,52,61)(H,53,58,62)/t26-,27+,36?. The van der Waals surface area contributed by atoms with Crippen molar-refractivity contribution in [2.24, 2.45) is 0 Å². The maximum absolute atomic E-state index is 16.1. The van der Waals surface area contributed by atoms with Crippen LogP contribution in [0.1, 0.15) is 93.7 Å². The van der Waals surface area contributed by atoms with Crippen LogP contribution in [0.15, 0.2) is 53.5 Å². The summed E-state index contributed by atoms with van der Waals surface area (Å²) in [6.07, 6.45) is -1.18. The van der Waals surface area contributed by atoms with Gasteiger partial charge in [0.1, 0.15) is 11.9 Å². The lowest BCUT2D eigenvalue weighted by Gasteiger charge is -2.44. The maximum Gasteiger partial charge on any atom is 0.417 e. The van der Waals surface area contributed by atoms with Crippen LogP contribution in [0.25, 0.3) is 5.57 Å². The van der Waals surface area contributed by atoms with Crippen LogP contribution in [0.4, 0.5) is 28.9 Å². The third kappa shape index (κ3) is 10.4. The number of H-pyrrole nitrogens is 1. The topological polar surface area (TPSA) is 191 Å². The number of benzene rings is 2. The van der Waals surface area contributed by atoms with E-state index in [0.717, 1.165) is 4.90 Å². The van der Waals surface area contributed by atoms with E-state index >= 15 is 4.39 Å². The van der Waals surface area contributed by atoms with Gasteiger partial charge in [0.25, 0.3) is 17.7 Å². The van der Waals surface area contributed by atoms with Gasteiger partial charge in [-0.1, -0.05) is 18.2 Å². The highest BCUT2D eigenvalue weighted by atomic mass is 19.4. The summed E-state index contributed by atoms with van der Waals surface area (Å²) in [5.41, 5.74) is -1.05. The Balaban J connectivity index is 0.894. The normalized spacial score (nSPS) is 20.4. The molecule has 1 aromatic heterocycles. The molecular formula is C46H51F4N7O9. The number of imide groups is 2. The highest BCUT2D eigenvalue weighted by molar-refractivity contribution is 6.24. The fourth-order valence-electron chi connectivity index (χ4n) is 8.79. The second kappa shape index (κ2) is 20.1. The molecule has 3 atom stereocenters. The first-order valence-electron chi connectivity index (χ1n) is 21.8. The van der Waals surface area contributed by atoms with Gasteiger partial charge in [0, 0.05) is 69.1 Å². The number of aromatic nitrogens is 1. The van der Waals surface area contributed by atoms with Gasteiger partial charge in [-0.05, 0) is 75.9 Å². The summed E-state index contributed by atoms with van der Waals surface area (Å²) in [7, 11) is 1.96. The molecule has 352 valence electrons. The zero-order valence-corrected chi connectivity index (χ0v) is 36.7. The molecule has 16 nitrogen and oxygen atoms in total. The zero-order chi connectivity index (χ0) is 47.4. The molecule has 1 unspecified atom stereocenters. The van der Waals surface area contributed by atoms with E-state index in [1.807, 2.05) is 25.8 Å². The highest BCUT2D eigenvalue weighted by Crippen LogP contribution is 2.38. The molecule has 3 N–H and O–H groups in total. The number of fused-ring (bicyclic) bond motifs is 1. The largest absolute Gasteiger partial charge is 0.417 e. The fourth-order valence-corrected chi connectivity index (χ4v) is 8.79. The number of amides is 6. The molecule has 3 aromatic rings. The monoisotopic (exact) mass is 921 g/mol. The quantitative estimate of drug-likeness (QED) is 0.111. The number of alkyl halides is 3. The summed E-state index contributed by atoms with van der Waals surface area (Å²) in [6.45, 7) is 6.22. The van der Waals surface area contributed by atoms with Crippen LogP contribution in [-0.2, 0) is 36.5 Å². The van der Waals surface area contributed by atoms with Gasteiger partial charge < -0.3 is 29.6 Å². The average Bonchev–Trinajstić information content (AvgIpc) is 3.53. The lowest BCUT2D eigenvalue weighted by atomic mass is 9.96. The predicted octanol–water partition coefficient (Wildman–Crippen LogP) is 4.39. The number of carbonyl (C=O) groups excluding carboxylic acids is 6. The number of anilines is 2. The van der Waals surface area contributed by atoms with Gasteiger partial charge in [0.2, 0.25) is 23.3 Å². The Hall–Kier alpha value is -6.25. The van der Waals surface area contributed by atoms with Gasteiger partial charge in [0.15, 0.2) is 0 Å². The van der Waals surface area contributed by atoms with Gasteiger partial charge in [-0.3, -0.25) is 48.7 Å². The van der Waals surface area contributed by atoms with E-state index in [9.17, 15) is 46.7 Å². The molecule has 6 amide bonds. The molecule has 20 heteroatoms. The maximum atomic E-state index is 16.1. The van der Waals surface area contributed by atoms with Crippen molar-refractivity contribution < 1.29 is 55.8 Å². The van der Waals surface area contributed by atoms with Crippen molar-refractivity contribution in [3.8, 4) is 0 Å². The molecule has 5 heterocycles. The Morgan fingerprint density at radius 3 is 2.32 bits per heavy atom. The van der Waals surface area contributed by atoms with Crippen molar-refractivity contribution in [1.29, 1.82) is 0 Å². The van der Waals surface area contributed by atoms with E-state index in [-0.39, 0.29) is 99.0 Å². The molecule has 0 aliphatic carbocycles. The number of rotatable bonds is 15.